The van der Waals surface area contributed by atoms with Crippen LogP contribution in [0.1, 0.15) is 16.6 Å². The van der Waals surface area contributed by atoms with E-state index in [0.29, 0.717) is 17.3 Å². The molecule has 1 saturated heterocycles. The van der Waals surface area contributed by atoms with Crippen molar-refractivity contribution in [2.75, 3.05) is 46.5 Å². The third-order valence-electron chi connectivity index (χ3n) is 4.92. The Kier molecular flexibility index (Phi) is 5.43. The Morgan fingerprint density at radius 3 is 2.89 bits per heavy atom. The van der Waals surface area contributed by atoms with E-state index in [1.807, 2.05) is 12.1 Å². The van der Waals surface area contributed by atoms with E-state index in [0.717, 1.165) is 47.7 Å². The minimum Gasteiger partial charge on any atom is -0.457 e. The number of ether oxygens (including phenoxy) is 2. The van der Waals surface area contributed by atoms with Gasteiger partial charge in [-0.05, 0) is 18.2 Å². The molecular formula is C19H21N6O2S+. The van der Waals surface area contributed by atoms with Crippen molar-refractivity contribution in [3.8, 4) is 12.1 Å². The molecule has 8 nitrogen and oxygen atoms in total. The SMILES string of the molecule is C[N+]1(CCOc2nccc(C(C#N)c3nc4cccnc4s3)n2)CCOCC1. The number of nitriles is 1. The van der Waals surface area contributed by atoms with Gasteiger partial charge in [0.15, 0.2) is 0 Å². The molecule has 0 amide bonds. The topological polar surface area (TPSA) is 93.8 Å². The Labute approximate surface area is 167 Å². The predicted octanol–water partition coefficient (Wildman–Crippen LogP) is 1.99. The van der Waals surface area contributed by atoms with Crippen LogP contribution >= 0.6 is 11.3 Å². The van der Waals surface area contributed by atoms with E-state index in [1.54, 1.807) is 18.5 Å². The van der Waals surface area contributed by atoms with Gasteiger partial charge in [-0.3, -0.25) is 0 Å². The zero-order valence-electron chi connectivity index (χ0n) is 15.6. The fraction of sp³-hybridized carbons (Fsp3) is 0.421. The molecule has 144 valence electrons. The fourth-order valence-corrected chi connectivity index (χ4v) is 4.07. The molecule has 0 radical (unpaired) electrons. The number of likely N-dealkylation sites (N-methyl/N-ethyl adjacent to an activating group) is 1. The van der Waals surface area contributed by atoms with Crippen LogP contribution in [0.3, 0.4) is 0 Å². The molecular weight excluding hydrogens is 376 g/mol. The number of nitrogens with zero attached hydrogens (tertiary/aromatic N) is 6. The molecule has 1 fully saturated rings. The van der Waals surface area contributed by atoms with E-state index in [1.165, 1.54) is 11.3 Å². The first-order valence-electron chi connectivity index (χ1n) is 9.15. The summed E-state index contributed by atoms with van der Waals surface area (Å²) in [4.78, 5) is 18.3. The summed E-state index contributed by atoms with van der Waals surface area (Å²) in [6.45, 7) is 4.90. The van der Waals surface area contributed by atoms with Crippen molar-refractivity contribution >= 4 is 21.7 Å². The first kappa shape index (κ1) is 18.7. The van der Waals surface area contributed by atoms with E-state index in [9.17, 15) is 5.26 Å². The first-order chi connectivity index (χ1) is 13.7. The lowest BCUT2D eigenvalue weighted by atomic mass is 10.1. The molecule has 0 bridgehead atoms. The van der Waals surface area contributed by atoms with Crippen molar-refractivity contribution in [3.05, 3.63) is 41.3 Å². The standard InChI is InChI=1S/C19H21N6O2S/c1-25(7-10-26-11-8-25)9-12-27-19-22-6-4-15(24-19)14(13-20)17-23-16-3-2-5-21-18(16)28-17/h2-6,14H,7-12H2,1H3/q+1. The van der Waals surface area contributed by atoms with Gasteiger partial charge < -0.3 is 14.0 Å². The summed E-state index contributed by atoms with van der Waals surface area (Å²) in [6.07, 6.45) is 3.35. The minimum absolute atomic E-state index is 0.289. The highest BCUT2D eigenvalue weighted by atomic mass is 32.1. The monoisotopic (exact) mass is 397 g/mol. The quantitative estimate of drug-likeness (QED) is 0.587. The van der Waals surface area contributed by atoms with Gasteiger partial charge in [0, 0.05) is 12.4 Å². The normalized spacial score (nSPS) is 17.1. The zero-order chi connectivity index (χ0) is 19.4. The van der Waals surface area contributed by atoms with Gasteiger partial charge in [-0.2, -0.15) is 10.2 Å². The lowest BCUT2D eigenvalue weighted by Gasteiger charge is -2.37. The molecule has 1 aliphatic rings. The van der Waals surface area contributed by atoms with Crippen LogP contribution in [0.4, 0.5) is 0 Å². The van der Waals surface area contributed by atoms with Crippen molar-refractivity contribution in [2.24, 2.45) is 0 Å². The maximum absolute atomic E-state index is 9.71. The van der Waals surface area contributed by atoms with Crippen molar-refractivity contribution in [2.45, 2.75) is 5.92 Å². The number of rotatable bonds is 6. The number of hydrogen-bond acceptors (Lipinski definition) is 8. The van der Waals surface area contributed by atoms with Crippen LogP contribution in [0.5, 0.6) is 6.01 Å². The lowest BCUT2D eigenvalue weighted by molar-refractivity contribution is -0.916. The van der Waals surface area contributed by atoms with Crippen molar-refractivity contribution in [1.29, 1.82) is 5.26 Å². The molecule has 0 aromatic carbocycles. The highest BCUT2D eigenvalue weighted by Gasteiger charge is 2.25. The molecule has 4 heterocycles. The van der Waals surface area contributed by atoms with E-state index >= 15 is 0 Å². The summed E-state index contributed by atoms with van der Waals surface area (Å²) >= 11 is 1.41. The molecule has 0 spiro atoms. The average molecular weight is 397 g/mol. The summed E-state index contributed by atoms with van der Waals surface area (Å²) in [6, 6.07) is 8.04. The van der Waals surface area contributed by atoms with Gasteiger partial charge in [-0.15, -0.1) is 0 Å². The van der Waals surface area contributed by atoms with Crippen LogP contribution < -0.4 is 4.74 Å². The number of hydrogen-bond donors (Lipinski definition) is 0. The Bertz CT molecular complexity index is 962. The van der Waals surface area contributed by atoms with Crippen LogP contribution in [0.25, 0.3) is 10.3 Å². The zero-order valence-corrected chi connectivity index (χ0v) is 16.4. The largest absolute Gasteiger partial charge is 0.457 e. The minimum atomic E-state index is -0.576. The number of aromatic nitrogens is 4. The van der Waals surface area contributed by atoms with Gasteiger partial charge in [-0.25, -0.2) is 15.0 Å². The second kappa shape index (κ2) is 8.14. The molecule has 0 N–H and O–H groups in total. The Morgan fingerprint density at radius 1 is 1.25 bits per heavy atom. The van der Waals surface area contributed by atoms with Crippen molar-refractivity contribution in [3.63, 3.8) is 0 Å². The maximum atomic E-state index is 9.71. The summed E-state index contributed by atoms with van der Waals surface area (Å²) in [5, 5.41) is 10.4. The van der Waals surface area contributed by atoms with Crippen molar-refractivity contribution in [1.82, 2.24) is 19.9 Å². The second-order valence-electron chi connectivity index (χ2n) is 6.96. The maximum Gasteiger partial charge on any atom is 0.316 e. The predicted molar refractivity (Wildman–Crippen MR) is 104 cm³/mol. The van der Waals surface area contributed by atoms with Crippen LogP contribution in [0.2, 0.25) is 0 Å². The van der Waals surface area contributed by atoms with Gasteiger partial charge >= 0.3 is 6.01 Å². The summed E-state index contributed by atoms with van der Waals surface area (Å²) in [5.41, 5.74) is 1.37. The number of quaternary nitrogens is 1. The Morgan fingerprint density at radius 2 is 2.11 bits per heavy atom. The summed E-state index contributed by atoms with van der Waals surface area (Å²) < 4.78 is 12.1. The fourth-order valence-electron chi connectivity index (χ4n) is 3.11. The molecule has 4 rings (SSSR count). The molecule has 1 unspecified atom stereocenters. The highest BCUT2D eigenvalue weighted by molar-refractivity contribution is 7.18. The molecule has 28 heavy (non-hydrogen) atoms. The van der Waals surface area contributed by atoms with E-state index < -0.39 is 5.92 Å². The van der Waals surface area contributed by atoms with Crippen molar-refractivity contribution < 1.29 is 14.0 Å². The third-order valence-corrected chi connectivity index (χ3v) is 5.97. The third kappa shape index (κ3) is 4.09. The van der Waals surface area contributed by atoms with Crippen LogP contribution in [-0.4, -0.2) is 70.9 Å². The Hall–Kier alpha value is -2.67. The lowest BCUT2D eigenvalue weighted by Crippen LogP contribution is -2.53. The molecule has 3 aromatic heterocycles. The molecule has 0 aliphatic carbocycles. The van der Waals surface area contributed by atoms with Crippen LogP contribution in [0.15, 0.2) is 30.6 Å². The number of thiazole rings is 1. The van der Waals surface area contributed by atoms with Gasteiger partial charge in [0.2, 0.25) is 0 Å². The van der Waals surface area contributed by atoms with Crippen LogP contribution in [-0.2, 0) is 4.74 Å². The highest BCUT2D eigenvalue weighted by Crippen LogP contribution is 2.29. The average Bonchev–Trinajstić information content (AvgIpc) is 3.13. The van der Waals surface area contributed by atoms with Crippen LogP contribution in [0, 0.1) is 11.3 Å². The molecule has 1 atom stereocenters. The van der Waals surface area contributed by atoms with Gasteiger partial charge in [0.25, 0.3) is 0 Å². The second-order valence-corrected chi connectivity index (χ2v) is 7.97. The first-order valence-corrected chi connectivity index (χ1v) is 9.97. The number of morpholine rings is 1. The molecule has 9 heteroatoms. The summed E-state index contributed by atoms with van der Waals surface area (Å²) in [5.74, 6) is -0.576. The summed E-state index contributed by atoms with van der Waals surface area (Å²) in [7, 11) is 2.20. The molecule has 1 aliphatic heterocycles. The van der Waals surface area contributed by atoms with E-state index in [-0.39, 0.29) is 6.01 Å². The molecule has 3 aromatic rings. The Balaban J connectivity index is 1.46. The number of pyridine rings is 1. The van der Waals surface area contributed by atoms with Gasteiger partial charge in [-0.1, -0.05) is 11.3 Å². The van der Waals surface area contributed by atoms with Gasteiger partial charge in [0.1, 0.15) is 47.5 Å². The van der Waals surface area contributed by atoms with E-state index in [4.69, 9.17) is 9.47 Å². The van der Waals surface area contributed by atoms with E-state index in [2.05, 4.69) is 33.1 Å². The number of fused-ring (bicyclic) bond motifs is 1. The molecule has 0 saturated carbocycles. The van der Waals surface area contributed by atoms with Gasteiger partial charge in [0.05, 0.1) is 32.0 Å². The smallest absolute Gasteiger partial charge is 0.316 e.